The van der Waals surface area contributed by atoms with Gasteiger partial charge in [0.2, 0.25) is 0 Å². The zero-order valence-corrected chi connectivity index (χ0v) is 12.8. The van der Waals surface area contributed by atoms with Crippen molar-refractivity contribution >= 4 is 0 Å². The Labute approximate surface area is 114 Å². The van der Waals surface area contributed by atoms with Gasteiger partial charge in [0.1, 0.15) is 0 Å². The molecule has 0 unspecified atom stereocenters. The summed E-state index contributed by atoms with van der Waals surface area (Å²) in [5, 5.41) is 0. The zero-order chi connectivity index (χ0) is 13.0. The Hall–Kier alpha value is -0.0400. The number of rotatable bonds is 4. The molecule has 0 bridgehead atoms. The van der Waals surface area contributed by atoms with Gasteiger partial charge < -0.3 is 4.90 Å². The lowest BCUT2D eigenvalue weighted by atomic mass is 9.74. The normalized spacial score (nSPS) is 32.0. The molecule has 0 aromatic heterocycles. The highest BCUT2D eigenvalue weighted by molar-refractivity contribution is 4.77. The SMILES string of the molecule is CC(C)C1CCC(CCC2CCN(C)CC2)CC1. The first kappa shape index (κ1) is 14.4. The Balaban J connectivity index is 1.60. The molecule has 0 atom stereocenters. The lowest BCUT2D eigenvalue weighted by molar-refractivity contribution is 0.180. The second-order valence-electron chi connectivity index (χ2n) is 7.35. The minimum Gasteiger partial charge on any atom is -0.306 e. The summed E-state index contributed by atoms with van der Waals surface area (Å²) in [5.74, 6) is 4.06. The van der Waals surface area contributed by atoms with Gasteiger partial charge in [-0.1, -0.05) is 39.5 Å². The number of piperidine rings is 1. The fourth-order valence-electron chi connectivity index (χ4n) is 3.97. The summed E-state index contributed by atoms with van der Waals surface area (Å²) >= 11 is 0. The zero-order valence-electron chi connectivity index (χ0n) is 12.8. The van der Waals surface area contributed by atoms with Crippen molar-refractivity contribution < 1.29 is 0 Å². The van der Waals surface area contributed by atoms with E-state index < -0.39 is 0 Å². The van der Waals surface area contributed by atoms with Crippen molar-refractivity contribution in [3.05, 3.63) is 0 Å². The van der Waals surface area contributed by atoms with Gasteiger partial charge in [-0.2, -0.15) is 0 Å². The molecule has 1 saturated carbocycles. The molecule has 1 aliphatic carbocycles. The summed E-state index contributed by atoms with van der Waals surface area (Å²) in [6.45, 7) is 7.49. The van der Waals surface area contributed by atoms with Gasteiger partial charge in [0, 0.05) is 0 Å². The van der Waals surface area contributed by atoms with E-state index in [1.54, 1.807) is 0 Å². The summed E-state index contributed by atoms with van der Waals surface area (Å²) < 4.78 is 0. The molecule has 0 spiro atoms. The predicted octanol–water partition coefficient (Wildman–Crippen LogP) is 4.57. The molecule has 0 amide bonds. The number of hydrogen-bond acceptors (Lipinski definition) is 1. The van der Waals surface area contributed by atoms with E-state index >= 15 is 0 Å². The summed E-state index contributed by atoms with van der Waals surface area (Å²) in [4.78, 5) is 2.49. The summed E-state index contributed by atoms with van der Waals surface area (Å²) in [6, 6.07) is 0. The second-order valence-corrected chi connectivity index (χ2v) is 7.35. The first-order chi connectivity index (χ1) is 8.65. The van der Waals surface area contributed by atoms with Crippen LogP contribution < -0.4 is 0 Å². The number of hydrogen-bond donors (Lipinski definition) is 0. The Bertz CT molecular complexity index is 220. The fraction of sp³-hybridized carbons (Fsp3) is 1.00. The maximum Gasteiger partial charge on any atom is -0.00191 e. The minimum absolute atomic E-state index is 0.917. The highest BCUT2D eigenvalue weighted by Crippen LogP contribution is 2.36. The molecule has 0 radical (unpaired) electrons. The van der Waals surface area contributed by atoms with Crippen LogP contribution in [0.5, 0.6) is 0 Å². The molecule has 1 nitrogen and oxygen atoms in total. The van der Waals surface area contributed by atoms with E-state index in [1.807, 2.05) is 0 Å². The summed E-state index contributed by atoms with van der Waals surface area (Å²) in [5.41, 5.74) is 0. The predicted molar refractivity (Wildman–Crippen MR) is 79.7 cm³/mol. The standard InChI is InChI=1S/C17H33N/c1-14(2)17-8-6-15(7-9-17)4-5-16-10-12-18(3)13-11-16/h14-17H,4-13H2,1-3H3. The summed E-state index contributed by atoms with van der Waals surface area (Å²) in [7, 11) is 2.27. The largest absolute Gasteiger partial charge is 0.306 e. The van der Waals surface area contributed by atoms with Gasteiger partial charge in [0.05, 0.1) is 0 Å². The molecule has 0 aromatic carbocycles. The monoisotopic (exact) mass is 251 g/mol. The van der Waals surface area contributed by atoms with Gasteiger partial charge in [-0.15, -0.1) is 0 Å². The lowest BCUT2D eigenvalue weighted by Crippen LogP contribution is -2.30. The number of nitrogens with zero attached hydrogens (tertiary/aromatic N) is 1. The highest BCUT2D eigenvalue weighted by atomic mass is 15.1. The van der Waals surface area contributed by atoms with Crippen LogP contribution in [0.15, 0.2) is 0 Å². The molecule has 1 aliphatic heterocycles. The topological polar surface area (TPSA) is 3.24 Å². The smallest absolute Gasteiger partial charge is 0.00191 e. The van der Waals surface area contributed by atoms with E-state index in [9.17, 15) is 0 Å². The van der Waals surface area contributed by atoms with Gasteiger partial charge in [-0.3, -0.25) is 0 Å². The Morgan fingerprint density at radius 1 is 0.833 bits per heavy atom. The van der Waals surface area contributed by atoms with Crippen LogP contribution in [0.3, 0.4) is 0 Å². The summed E-state index contributed by atoms with van der Waals surface area (Å²) in [6.07, 6.45) is 12.0. The van der Waals surface area contributed by atoms with E-state index in [0.717, 1.165) is 23.7 Å². The fourth-order valence-corrected chi connectivity index (χ4v) is 3.97. The third-order valence-corrected chi connectivity index (χ3v) is 5.66. The van der Waals surface area contributed by atoms with Gasteiger partial charge in [-0.25, -0.2) is 0 Å². The van der Waals surface area contributed by atoms with E-state index in [-0.39, 0.29) is 0 Å². The van der Waals surface area contributed by atoms with Gasteiger partial charge in [-0.05, 0) is 69.5 Å². The third kappa shape index (κ3) is 4.26. The van der Waals surface area contributed by atoms with Crippen molar-refractivity contribution in [3.63, 3.8) is 0 Å². The molecular weight excluding hydrogens is 218 g/mol. The molecule has 1 saturated heterocycles. The van der Waals surface area contributed by atoms with Crippen LogP contribution in [0.2, 0.25) is 0 Å². The van der Waals surface area contributed by atoms with Crippen molar-refractivity contribution in [1.29, 1.82) is 0 Å². The van der Waals surface area contributed by atoms with Crippen LogP contribution in [0.1, 0.15) is 65.2 Å². The van der Waals surface area contributed by atoms with Crippen LogP contribution in [-0.4, -0.2) is 25.0 Å². The van der Waals surface area contributed by atoms with Crippen LogP contribution in [0.4, 0.5) is 0 Å². The van der Waals surface area contributed by atoms with Crippen LogP contribution in [-0.2, 0) is 0 Å². The molecule has 1 heterocycles. The molecule has 0 aromatic rings. The first-order valence-electron chi connectivity index (χ1n) is 8.33. The van der Waals surface area contributed by atoms with Gasteiger partial charge in [0.25, 0.3) is 0 Å². The van der Waals surface area contributed by atoms with E-state index in [4.69, 9.17) is 0 Å². The van der Waals surface area contributed by atoms with Crippen molar-refractivity contribution in [2.75, 3.05) is 20.1 Å². The van der Waals surface area contributed by atoms with Crippen molar-refractivity contribution in [3.8, 4) is 0 Å². The molecule has 2 fully saturated rings. The van der Waals surface area contributed by atoms with Crippen LogP contribution in [0, 0.1) is 23.7 Å². The van der Waals surface area contributed by atoms with Crippen molar-refractivity contribution in [2.24, 2.45) is 23.7 Å². The van der Waals surface area contributed by atoms with Gasteiger partial charge in [0.15, 0.2) is 0 Å². The molecule has 0 N–H and O–H groups in total. The van der Waals surface area contributed by atoms with Gasteiger partial charge >= 0.3 is 0 Å². The maximum atomic E-state index is 2.49. The maximum absolute atomic E-state index is 2.49. The van der Waals surface area contributed by atoms with E-state index in [2.05, 4.69) is 25.8 Å². The number of likely N-dealkylation sites (tertiary alicyclic amines) is 1. The molecular formula is C17H33N. The van der Waals surface area contributed by atoms with Crippen LogP contribution >= 0.6 is 0 Å². The third-order valence-electron chi connectivity index (χ3n) is 5.66. The van der Waals surface area contributed by atoms with E-state index in [1.165, 1.54) is 64.5 Å². The second kappa shape index (κ2) is 6.93. The Kier molecular flexibility index (Phi) is 5.54. The molecule has 2 rings (SSSR count). The molecule has 106 valence electrons. The van der Waals surface area contributed by atoms with Crippen molar-refractivity contribution in [1.82, 2.24) is 4.90 Å². The van der Waals surface area contributed by atoms with Crippen LogP contribution in [0.25, 0.3) is 0 Å². The lowest BCUT2D eigenvalue weighted by Gasteiger charge is -2.33. The average molecular weight is 251 g/mol. The molecule has 1 heteroatoms. The first-order valence-corrected chi connectivity index (χ1v) is 8.33. The Morgan fingerprint density at radius 2 is 1.33 bits per heavy atom. The molecule has 18 heavy (non-hydrogen) atoms. The van der Waals surface area contributed by atoms with Crippen molar-refractivity contribution in [2.45, 2.75) is 65.2 Å². The van der Waals surface area contributed by atoms with E-state index in [0.29, 0.717) is 0 Å². The highest BCUT2D eigenvalue weighted by Gasteiger charge is 2.24. The molecule has 2 aliphatic rings. The minimum atomic E-state index is 0.917. The average Bonchev–Trinajstić information content (AvgIpc) is 2.38. The quantitative estimate of drug-likeness (QED) is 0.707. The Morgan fingerprint density at radius 3 is 1.83 bits per heavy atom.